The summed E-state index contributed by atoms with van der Waals surface area (Å²) in [6.07, 6.45) is 3.89. The van der Waals surface area contributed by atoms with Gasteiger partial charge in [-0.1, -0.05) is 54.3 Å². The number of ether oxygens (including phenoxy) is 1. The van der Waals surface area contributed by atoms with E-state index in [-0.39, 0.29) is 43.3 Å². The van der Waals surface area contributed by atoms with Crippen LogP contribution >= 0.6 is 0 Å². The van der Waals surface area contributed by atoms with Gasteiger partial charge in [-0.2, -0.15) is 10.2 Å². The number of hydrogen-bond donors (Lipinski definition) is 1. The molecule has 0 bridgehead atoms. The smallest absolute Gasteiger partial charge is 0.0593 e. The van der Waals surface area contributed by atoms with Crippen LogP contribution in [0.4, 0.5) is 5.69 Å². The molecular formula is C21H23MoN3O5-6. The number of nitrogens with two attached hydrogens (primary N) is 1. The zero-order valence-corrected chi connectivity index (χ0v) is 18.5. The van der Waals surface area contributed by atoms with Crippen LogP contribution in [0.2, 0.25) is 0 Å². The summed E-state index contributed by atoms with van der Waals surface area (Å²) < 4.78 is 4.94. The summed E-state index contributed by atoms with van der Waals surface area (Å²) in [5.74, 6) is -0.735. The van der Waals surface area contributed by atoms with Gasteiger partial charge in [0, 0.05) is 51.4 Å². The van der Waals surface area contributed by atoms with Gasteiger partial charge < -0.3 is 31.6 Å². The van der Waals surface area contributed by atoms with Crippen molar-refractivity contribution in [3.8, 4) is 0 Å². The van der Waals surface area contributed by atoms with Crippen LogP contribution in [-0.4, -0.2) is 24.8 Å². The van der Waals surface area contributed by atoms with Crippen LogP contribution < -0.4 is 15.9 Å². The molecule has 2 aromatic rings. The summed E-state index contributed by atoms with van der Waals surface area (Å²) in [7, 11) is 0. The predicted molar refractivity (Wildman–Crippen MR) is 106 cm³/mol. The molecule has 1 saturated heterocycles. The number of nitrogens with zero attached hydrogens (tertiary/aromatic N) is 2. The van der Waals surface area contributed by atoms with E-state index in [0.717, 1.165) is 13.2 Å². The molecule has 0 unspecified atom stereocenters. The molecule has 2 N–H and O–H groups in total. The topological polar surface area (TPSA) is 163 Å². The molecule has 0 saturated carbocycles. The van der Waals surface area contributed by atoms with Crippen molar-refractivity contribution in [2.75, 3.05) is 18.9 Å². The molecule has 1 aliphatic rings. The van der Waals surface area contributed by atoms with E-state index in [0.29, 0.717) is 17.0 Å². The second-order valence-electron chi connectivity index (χ2n) is 5.93. The molecule has 0 aliphatic carbocycles. The third kappa shape index (κ3) is 10.3. The molecule has 1 heterocycles. The number of rotatable bonds is 4. The molecule has 30 heavy (non-hydrogen) atoms. The van der Waals surface area contributed by atoms with Gasteiger partial charge in [0.25, 0.3) is 0 Å². The fourth-order valence-electron chi connectivity index (χ4n) is 2.28. The van der Waals surface area contributed by atoms with Crippen LogP contribution in [-0.2, 0) is 36.8 Å². The molecule has 8 nitrogen and oxygen atoms in total. The number of allylic oxidation sites excluding steroid dienone is 1. The minimum atomic E-state index is -0.544. The summed E-state index contributed by atoms with van der Waals surface area (Å²) in [5, 5.41) is 31.2. The minimum absolute atomic E-state index is 0. The number of para-hydroxylation sites is 1. The molecule has 0 amide bonds. The van der Waals surface area contributed by atoms with Crippen molar-refractivity contribution in [2.24, 2.45) is 10.2 Å². The summed E-state index contributed by atoms with van der Waals surface area (Å²) in [5.41, 5.74) is 7.22. The summed E-state index contributed by atoms with van der Waals surface area (Å²) in [6, 6.07) is 15.4. The summed E-state index contributed by atoms with van der Waals surface area (Å²) in [4.78, 5) is 0. The largest absolute Gasteiger partial charge is 2.00 e. The summed E-state index contributed by atoms with van der Waals surface area (Å²) >= 11 is 0. The Morgan fingerprint density at radius 3 is 2.03 bits per heavy atom. The van der Waals surface area contributed by atoms with Crippen molar-refractivity contribution in [2.45, 2.75) is 19.8 Å². The van der Waals surface area contributed by atoms with E-state index in [2.05, 4.69) is 10.2 Å². The molecule has 0 aromatic heterocycles. The zero-order valence-electron chi connectivity index (χ0n) is 16.5. The number of benzene rings is 2. The molecule has 9 heteroatoms. The molecule has 164 valence electrons. The van der Waals surface area contributed by atoms with Crippen LogP contribution in [0.3, 0.4) is 0 Å². The Morgan fingerprint density at radius 1 is 0.933 bits per heavy atom. The van der Waals surface area contributed by atoms with Gasteiger partial charge in [0.15, 0.2) is 0 Å². The first kappa shape index (κ1) is 29.7. The number of nitrogen functional groups attached to an aromatic ring is 1. The average molecular weight is 493 g/mol. The fourth-order valence-corrected chi connectivity index (χ4v) is 2.28. The van der Waals surface area contributed by atoms with Gasteiger partial charge in [0.05, 0.1) is 5.71 Å². The minimum Gasteiger partial charge on any atom is -2.00 e. The number of hydrogen-bond acceptors (Lipinski definition) is 6. The van der Waals surface area contributed by atoms with Crippen molar-refractivity contribution < 1.29 is 47.0 Å². The van der Waals surface area contributed by atoms with E-state index in [1.54, 1.807) is 55.5 Å². The Labute approximate surface area is 190 Å². The van der Waals surface area contributed by atoms with E-state index in [4.69, 9.17) is 10.5 Å². The maximum atomic E-state index is 11.9. The summed E-state index contributed by atoms with van der Waals surface area (Å²) in [6.45, 7) is 3.60. The quantitative estimate of drug-likeness (QED) is 0.171. The Kier molecular flexibility index (Phi) is 16.1. The van der Waals surface area contributed by atoms with Gasteiger partial charge in [-0.25, -0.2) is 0 Å². The van der Waals surface area contributed by atoms with Gasteiger partial charge in [-0.05, 0) is 37.5 Å². The van der Waals surface area contributed by atoms with Crippen molar-refractivity contribution >= 4 is 23.1 Å². The van der Waals surface area contributed by atoms with Crippen molar-refractivity contribution in [3.05, 3.63) is 71.8 Å². The fraction of sp³-hybridized carbons (Fsp3) is 0.238. The predicted octanol–water partition coefficient (Wildman–Crippen LogP) is 1.71. The monoisotopic (exact) mass is 495 g/mol. The zero-order chi connectivity index (χ0) is 19.5. The van der Waals surface area contributed by atoms with Crippen LogP contribution in [0.5, 0.6) is 0 Å². The van der Waals surface area contributed by atoms with Gasteiger partial charge in [0.2, 0.25) is 0 Å². The van der Waals surface area contributed by atoms with Gasteiger partial charge >= 0.3 is 0 Å². The molecular weight excluding hydrogens is 470 g/mol. The first-order valence-corrected chi connectivity index (χ1v) is 8.74. The molecule has 1 fully saturated rings. The van der Waals surface area contributed by atoms with E-state index < -0.39 is 5.90 Å². The van der Waals surface area contributed by atoms with Crippen LogP contribution in [0.1, 0.15) is 30.9 Å². The maximum absolute atomic E-state index is 11.9. The van der Waals surface area contributed by atoms with Gasteiger partial charge in [-0.15, -0.1) is 0 Å². The molecule has 0 atom stereocenters. The molecule has 0 radical (unpaired) electrons. The molecule has 0 spiro atoms. The van der Waals surface area contributed by atoms with Crippen LogP contribution in [0, 0.1) is 0 Å². The third-order valence-corrected chi connectivity index (χ3v) is 3.72. The second kappa shape index (κ2) is 16.3. The molecule has 1 aliphatic heterocycles. The average Bonchev–Trinajstić information content (AvgIpc) is 3.27. The van der Waals surface area contributed by atoms with E-state index in [1.165, 1.54) is 18.9 Å². The SMILES string of the molecule is C1CCOC1.CC(/C=C(\[O-])c1ccccc1)=N\N=C(/[O-])c1ccccc1N.[Mo].[O-2].[O-2]. The number of anilines is 1. The Balaban J connectivity index is 0. The molecule has 3 rings (SSSR count). The Morgan fingerprint density at radius 2 is 1.50 bits per heavy atom. The first-order chi connectivity index (χ1) is 13.1. The van der Waals surface area contributed by atoms with Crippen molar-refractivity contribution in [1.82, 2.24) is 0 Å². The van der Waals surface area contributed by atoms with E-state index >= 15 is 0 Å². The normalized spacial score (nSPS) is 13.7. The van der Waals surface area contributed by atoms with E-state index in [1.807, 2.05) is 6.07 Å². The van der Waals surface area contributed by atoms with Gasteiger partial charge in [-0.3, -0.25) is 0 Å². The van der Waals surface area contributed by atoms with Crippen LogP contribution in [0.25, 0.3) is 5.76 Å². The maximum Gasteiger partial charge on any atom is 0.0593 e. The third-order valence-electron chi connectivity index (χ3n) is 3.72. The van der Waals surface area contributed by atoms with Crippen LogP contribution in [0.15, 0.2) is 70.9 Å². The van der Waals surface area contributed by atoms with Crippen molar-refractivity contribution in [1.29, 1.82) is 0 Å². The van der Waals surface area contributed by atoms with Crippen molar-refractivity contribution in [3.63, 3.8) is 0 Å². The Bertz CT molecular complexity index is 815. The van der Waals surface area contributed by atoms with Gasteiger partial charge in [0.1, 0.15) is 0 Å². The Hall–Kier alpha value is -2.51. The molecule has 2 aromatic carbocycles. The standard InChI is InChI=1S/C17H17N3O2.C4H8O.Mo.2O/c1-12(11-16(21)13-7-3-2-4-8-13)19-20-17(22)14-9-5-6-10-15(14)18;1-2-4-5-3-1;;;/h2-11,21H,18H2,1H3,(H,20,22);1-4H2;;;/q;;;2*-2/p-2/b16-11-,19-12+;;;;. The first-order valence-electron chi connectivity index (χ1n) is 8.74. The van der Waals surface area contributed by atoms with E-state index in [9.17, 15) is 10.2 Å². The second-order valence-corrected chi connectivity index (χ2v) is 5.93.